The summed E-state index contributed by atoms with van der Waals surface area (Å²) in [5.74, 6) is -0.346. The lowest BCUT2D eigenvalue weighted by molar-refractivity contribution is 0.0337. The Morgan fingerprint density at radius 1 is 1.31 bits per heavy atom. The number of aromatic nitrogens is 3. The predicted molar refractivity (Wildman–Crippen MR) is 99.5 cm³/mol. The van der Waals surface area contributed by atoms with Crippen LogP contribution in [0.4, 0.5) is 0 Å². The molecule has 0 amide bonds. The molecule has 3 aromatic rings. The number of hydrogen-bond acceptors (Lipinski definition) is 5. The van der Waals surface area contributed by atoms with Gasteiger partial charge in [-0.05, 0) is 6.07 Å². The van der Waals surface area contributed by atoms with Gasteiger partial charge in [0, 0.05) is 32.2 Å². The molecular formula is C18H19ClN4O3. The number of aromatic amines is 1. The van der Waals surface area contributed by atoms with Gasteiger partial charge in [-0.3, -0.25) is 14.4 Å². The molecule has 0 saturated carbocycles. The Morgan fingerprint density at radius 3 is 2.77 bits per heavy atom. The maximum Gasteiger partial charge on any atom is 0.235 e. The minimum Gasteiger partial charge on any atom is -0.503 e. The molecule has 1 aliphatic rings. The molecule has 8 heteroatoms. The third kappa shape index (κ3) is 2.88. The quantitative estimate of drug-likeness (QED) is 0.733. The van der Waals surface area contributed by atoms with Gasteiger partial charge < -0.3 is 14.8 Å². The lowest BCUT2D eigenvalue weighted by atomic mass is 10.1. The van der Waals surface area contributed by atoms with E-state index >= 15 is 0 Å². The molecule has 0 unspecified atom stereocenters. The highest BCUT2D eigenvalue weighted by Gasteiger charge is 2.22. The fourth-order valence-electron chi connectivity index (χ4n) is 3.31. The van der Waals surface area contributed by atoms with Crippen molar-refractivity contribution < 1.29 is 9.84 Å². The first-order valence-corrected chi connectivity index (χ1v) is 8.80. The van der Waals surface area contributed by atoms with Crippen LogP contribution in [-0.4, -0.2) is 51.1 Å². The average Bonchev–Trinajstić information content (AvgIpc) is 2.95. The van der Waals surface area contributed by atoms with Gasteiger partial charge in [0.25, 0.3) is 0 Å². The van der Waals surface area contributed by atoms with Crippen LogP contribution in [0.2, 0.25) is 5.02 Å². The van der Waals surface area contributed by atoms with E-state index in [0.717, 1.165) is 13.1 Å². The zero-order chi connectivity index (χ0) is 18.3. The number of aryl methyl sites for hydroxylation is 1. The van der Waals surface area contributed by atoms with Crippen LogP contribution in [-0.2, 0) is 18.3 Å². The normalized spacial score (nSPS) is 15.6. The Hall–Kier alpha value is -2.35. The highest BCUT2D eigenvalue weighted by molar-refractivity contribution is 6.33. The van der Waals surface area contributed by atoms with Crippen molar-refractivity contribution in [2.24, 2.45) is 7.05 Å². The standard InChI is InChI=1S/C18H19ClN4O3/c1-22-18-14(13(21-22)10-23-6-8-26-9-7-23)16(24)17(25)15(20-18)11-4-2-3-5-12(11)19/h2-5,25H,6-10H2,1H3,(H,20,24). The predicted octanol–water partition coefficient (Wildman–Crippen LogP) is 2.12. The van der Waals surface area contributed by atoms with Crippen LogP contribution in [0.5, 0.6) is 5.75 Å². The minimum absolute atomic E-state index is 0.300. The van der Waals surface area contributed by atoms with Gasteiger partial charge in [-0.15, -0.1) is 0 Å². The van der Waals surface area contributed by atoms with Crippen molar-refractivity contribution in [1.82, 2.24) is 19.7 Å². The number of nitrogens with one attached hydrogen (secondary N) is 1. The van der Waals surface area contributed by atoms with Crippen molar-refractivity contribution in [3.8, 4) is 17.0 Å². The van der Waals surface area contributed by atoms with Crippen molar-refractivity contribution in [3.63, 3.8) is 0 Å². The minimum atomic E-state index is -0.440. The molecule has 0 bridgehead atoms. The van der Waals surface area contributed by atoms with Gasteiger partial charge >= 0.3 is 0 Å². The van der Waals surface area contributed by atoms with Crippen LogP contribution in [0.15, 0.2) is 29.1 Å². The number of H-pyrrole nitrogens is 1. The Kier molecular flexibility index (Phi) is 4.44. The van der Waals surface area contributed by atoms with E-state index in [1.165, 1.54) is 0 Å². The van der Waals surface area contributed by atoms with Crippen molar-refractivity contribution in [2.45, 2.75) is 6.54 Å². The van der Waals surface area contributed by atoms with E-state index in [1.54, 1.807) is 36.0 Å². The zero-order valence-electron chi connectivity index (χ0n) is 14.3. The number of nitrogens with zero attached hydrogens (tertiary/aromatic N) is 3. The number of hydrogen-bond donors (Lipinski definition) is 2. The third-order valence-corrected chi connectivity index (χ3v) is 4.99. The van der Waals surface area contributed by atoms with Crippen molar-refractivity contribution in [2.75, 3.05) is 26.3 Å². The van der Waals surface area contributed by atoms with Crippen molar-refractivity contribution in [3.05, 3.63) is 45.2 Å². The Bertz CT molecular complexity index is 1020. The van der Waals surface area contributed by atoms with Crippen LogP contribution in [0.3, 0.4) is 0 Å². The summed E-state index contributed by atoms with van der Waals surface area (Å²) < 4.78 is 6.99. The molecule has 2 aromatic heterocycles. The molecule has 136 valence electrons. The fraction of sp³-hybridized carbons (Fsp3) is 0.333. The molecule has 0 radical (unpaired) electrons. The summed E-state index contributed by atoms with van der Waals surface area (Å²) in [4.78, 5) is 18.2. The highest BCUT2D eigenvalue weighted by Crippen LogP contribution is 2.32. The number of aromatic hydroxyl groups is 1. The summed E-state index contributed by atoms with van der Waals surface area (Å²) in [6.45, 7) is 3.46. The Morgan fingerprint density at radius 2 is 2.04 bits per heavy atom. The van der Waals surface area contributed by atoms with Crippen LogP contribution >= 0.6 is 11.6 Å². The van der Waals surface area contributed by atoms with Gasteiger partial charge in [0.2, 0.25) is 5.43 Å². The molecule has 1 fully saturated rings. The van der Waals surface area contributed by atoms with E-state index in [-0.39, 0.29) is 5.75 Å². The van der Waals surface area contributed by atoms with Gasteiger partial charge in [0.05, 0.1) is 35.0 Å². The van der Waals surface area contributed by atoms with E-state index < -0.39 is 5.43 Å². The fourth-order valence-corrected chi connectivity index (χ4v) is 3.54. The summed E-state index contributed by atoms with van der Waals surface area (Å²) in [6, 6.07) is 7.07. The summed E-state index contributed by atoms with van der Waals surface area (Å²) >= 11 is 6.23. The first-order chi connectivity index (χ1) is 12.6. The molecule has 1 aromatic carbocycles. The van der Waals surface area contributed by atoms with E-state index in [4.69, 9.17) is 16.3 Å². The summed E-state index contributed by atoms with van der Waals surface area (Å²) in [5.41, 5.74) is 1.64. The van der Waals surface area contributed by atoms with Crippen LogP contribution < -0.4 is 5.43 Å². The second-order valence-electron chi connectivity index (χ2n) is 6.34. The van der Waals surface area contributed by atoms with Gasteiger partial charge in [-0.2, -0.15) is 5.10 Å². The van der Waals surface area contributed by atoms with E-state index in [1.807, 2.05) is 0 Å². The molecule has 0 spiro atoms. The summed E-state index contributed by atoms with van der Waals surface area (Å²) in [7, 11) is 1.77. The smallest absolute Gasteiger partial charge is 0.235 e. The lowest BCUT2D eigenvalue weighted by Gasteiger charge is -2.25. The number of ether oxygens (including phenoxy) is 1. The SMILES string of the molecule is Cn1nc(CN2CCOCC2)c2c(=O)c(O)c(-c3ccccc3Cl)[nH]c21. The Balaban J connectivity index is 1.85. The number of fused-ring (bicyclic) bond motifs is 1. The molecule has 7 nitrogen and oxygen atoms in total. The molecular weight excluding hydrogens is 356 g/mol. The second-order valence-corrected chi connectivity index (χ2v) is 6.75. The molecule has 0 aliphatic carbocycles. The number of morpholine rings is 1. The van der Waals surface area contributed by atoms with Gasteiger partial charge in [-0.1, -0.05) is 29.8 Å². The van der Waals surface area contributed by atoms with E-state index in [9.17, 15) is 9.90 Å². The summed E-state index contributed by atoms with van der Waals surface area (Å²) in [6.07, 6.45) is 0. The Labute approximate surface area is 154 Å². The first-order valence-electron chi connectivity index (χ1n) is 8.42. The third-order valence-electron chi connectivity index (χ3n) is 4.66. The average molecular weight is 375 g/mol. The maximum absolute atomic E-state index is 12.9. The van der Waals surface area contributed by atoms with Crippen LogP contribution in [0.25, 0.3) is 22.3 Å². The topological polar surface area (TPSA) is 83.4 Å². The van der Waals surface area contributed by atoms with Gasteiger partial charge in [-0.25, -0.2) is 0 Å². The first kappa shape index (κ1) is 17.1. The molecule has 26 heavy (non-hydrogen) atoms. The van der Waals surface area contributed by atoms with E-state index in [0.29, 0.717) is 52.8 Å². The highest BCUT2D eigenvalue weighted by atomic mass is 35.5. The molecule has 1 saturated heterocycles. The van der Waals surface area contributed by atoms with Gasteiger partial charge in [0.1, 0.15) is 5.65 Å². The maximum atomic E-state index is 12.9. The van der Waals surface area contributed by atoms with Crippen LogP contribution in [0, 0.1) is 0 Å². The number of pyridine rings is 1. The molecule has 0 atom stereocenters. The zero-order valence-corrected chi connectivity index (χ0v) is 15.1. The molecule has 2 N–H and O–H groups in total. The molecule has 3 heterocycles. The van der Waals surface area contributed by atoms with Crippen molar-refractivity contribution in [1.29, 1.82) is 0 Å². The largest absolute Gasteiger partial charge is 0.503 e. The number of benzene rings is 1. The van der Waals surface area contributed by atoms with Gasteiger partial charge in [0.15, 0.2) is 5.75 Å². The second kappa shape index (κ2) is 6.75. The van der Waals surface area contributed by atoms with E-state index in [2.05, 4.69) is 15.0 Å². The van der Waals surface area contributed by atoms with Crippen molar-refractivity contribution >= 4 is 22.6 Å². The molecule has 1 aliphatic heterocycles. The lowest BCUT2D eigenvalue weighted by Crippen LogP contribution is -2.36. The molecule has 4 rings (SSSR count). The number of halogens is 1. The monoisotopic (exact) mass is 374 g/mol. The summed E-state index contributed by atoms with van der Waals surface area (Å²) in [5, 5.41) is 15.9. The number of rotatable bonds is 3. The van der Waals surface area contributed by atoms with Crippen LogP contribution in [0.1, 0.15) is 5.69 Å².